The van der Waals surface area contributed by atoms with E-state index in [1.54, 1.807) is 0 Å². The van der Waals surface area contributed by atoms with E-state index in [-0.39, 0.29) is 11.5 Å². The molecular weight excluding hydrogens is 544 g/mol. The molecule has 2 aliphatic rings. The second-order valence-electron chi connectivity index (χ2n) is 12.6. The van der Waals surface area contributed by atoms with Crippen LogP contribution in [0.4, 0.5) is 0 Å². The zero-order chi connectivity index (χ0) is 30.4. The second kappa shape index (κ2) is 11.0. The van der Waals surface area contributed by atoms with E-state index in [1.165, 1.54) is 50.1 Å². The second-order valence-corrected chi connectivity index (χ2v) is 12.6. The molecule has 0 fully saturated rings. The van der Waals surface area contributed by atoms with E-state index >= 15 is 0 Å². The number of nitrogens with zero attached hydrogens (tertiary/aromatic N) is 2. The fraction of sp³-hybridized carbons (Fsp3) is 0.116. The molecule has 1 heterocycles. The van der Waals surface area contributed by atoms with Gasteiger partial charge in [0.1, 0.15) is 0 Å². The average molecular weight is 579 g/mol. The summed E-state index contributed by atoms with van der Waals surface area (Å²) < 4.78 is 0. The van der Waals surface area contributed by atoms with Gasteiger partial charge in [0.2, 0.25) is 0 Å². The molecule has 1 aliphatic carbocycles. The molecule has 1 aliphatic heterocycles. The van der Waals surface area contributed by atoms with E-state index < -0.39 is 0 Å². The third kappa shape index (κ3) is 4.84. The topological polar surface area (TPSA) is 24.7 Å². The van der Waals surface area contributed by atoms with Crippen LogP contribution in [0.15, 0.2) is 162 Å². The van der Waals surface area contributed by atoms with Crippen LogP contribution in [0, 0.1) is 0 Å². The summed E-state index contributed by atoms with van der Waals surface area (Å²) in [4.78, 5) is 10.2. The maximum atomic E-state index is 5.13. The molecule has 1 unspecified atom stereocenters. The van der Waals surface area contributed by atoms with Crippen LogP contribution in [0.25, 0.3) is 33.4 Å². The van der Waals surface area contributed by atoms with Crippen LogP contribution in [0.1, 0.15) is 54.1 Å². The van der Waals surface area contributed by atoms with Gasteiger partial charge in [-0.25, -0.2) is 4.99 Å². The van der Waals surface area contributed by atoms with Gasteiger partial charge in [-0.3, -0.25) is 4.99 Å². The predicted octanol–water partition coefficient (Wildman–Crippen LogP) is 10.7. The van der Waals surface area contributed by atoms with Gasteiger partial charge in [-0.05, 0) is 55.6 Å². The Hall–Kier alpha value is -5.34. The quantitative estimate of drug-likeness (QED) is 0.194. The van der Waals surface area contributed by atoms with Crippen LogP contribution >= 0.6 is 0 Å². The summed E-state index contributed by atoms with van der Waals surface area (Å²) in [6.45, 7) is 4.67. The predicted molar refractivity (Wildman–Crippen MR) is 188 cm³/mol. The summed E-state index contributed by atoms with van der Waals surface area (Å²) in [6, 6.07) is 54.4. The highest BCUT2D eigenvalue weighted by molar-refractivity contribution is 6.14. The van der Waals surface area contributed by atoms with E-state index in [2.05, 4.69) is 159 Å². The van der Waals surface area contributed by atoms with E-state index in [0.717, 1.165) is 29.1 Å². The molecule has 0 saturated carbocycles. The molecular formula is C43H34N2. The van der Waals surface area contributed by atoms with Crippen LogP contribution in [0.5, 0.6) is 0 Å². The largest absolute Gasteiger partial charge is 0.258 e. The third-order valence-electron chi connectivity index (χ3n) is 9.48. The van der Waals surface area contributed by atoms with E-state index in [4.69, 9.17) is 9.98 Å². The van der Waals surface area contributed by atoms with Gasteiger partial charge in [-0.1, -0.05) is 166 Å². The molecule has 2 nitrogen and oxygen atoms in total. The molecule has 216 valence electrons. The molecule has 0 spiro atoms. The Labute approximate surface area is 265 Å². The SMILES string of the molecule is CC1(C)c2ccccc2-c2c(-c3ccc(-c4ccc(C5=NC(c6ccccc6)CC(c6ccccc6)=N5)cc4)cc3)cccc21. The van der Waals surface area contributed by atoms with Gasteiger partial charge < -0.3 is 0 Å². The van der Waals surface area contributed by atoms with E-state index in [1.807, 2.05) is 6.07 Å². The van der Waals surface area contributed by atoms with Crippen LogP contribution in [0.2, 0.25) is 0 Å². The molecule has 1 atom stereocenters. The standard InChI is InChI=1S/C43H34N2/c1-43(2)37-18-10-9-16-36(37)41-35(17-11-19-38(41)43)31-24-20-29(21-25-31)30-22-26-34(27-23-30)42-44-39(32-12-5-3-6-13-32)28-40(45-42)33-14-7-4-8-15-33/h3-27,39H,28H2,1-2H3. The van der Waals surface area contributed by atoms with Crippen molar-refractivity contribution in [2.75, 3.05) is 0 Å². The number of hydrogen-bond acceptors (Lipinski definition) is 2. The molecule has 0 amide bonds. The lowest BCUT2D eigenvalue weighted by atomic mass is 9.82. The summed E-state index contributed by atoms with van der Waals surface area (Å²) in [6.07, 6.45) is 0.787. The summed E-state index contributed by atoms with van der Waals surface area (Å²) in [5, 5.41) is 0. The molecule has 6 aromatic carbocycles. The zero-order valence-corrected chi connectivity index (χ0v) is 25.6. The molecule has 0 radical (unpaired) electrons. The Balaban J connectivity index is 1.10. The van der Waals surface area contributed by atoms with Crippen molar-refractivity contribution in [3.05, 3.63) is 179 Å². The number of rotatable bonds is 5. The summed E-state index contributed by atoms with van der Waals surface area (Å²) in [5.74, 6) is 0.789. The number of fused-ring (bicyclic) bond motifs is 3. The Morgan fingerprint density at radius 1 is 0.489 bits per heavy atom. The van der Waals surface area contributed by atoms with Gasteiger partial charge in [0.25, 0.3) is 0 Å². The van der Waals surface area contributed by atoms with Crippen molar-refractivity contribution in [3.8, 4) is 33.4 Å². The highest BCUT2D eigenvalue weighted by Gasteiger charge is 2.36. The molecule has 2 heteroatoms. The number of benzene rings is 6. The smallest absolute Gasteiger partial charge is 0.155 e. The van der Waals surface area contributed by atoms with Crippen LogP contribution in [0.3, 0.4) is 0 Å². The van der Waals surface area contributed by atoms with Crippen molar-refractivity contribution in [2.45, 2.75) is 31.7 Å². The van der Waals surface area contributed by atoms with E-state index in [0.29, 0.717) is 0 Å². The normalized spacial score (nSPS) is 16.4. The summed E-state index contributed by atoms with van der Waals surface area (Å²) in [7, 11) is 0. The lowest BCUT2D eigenvalue weighted by molar-refractivity contribution is 0.660. The molecule has 0 saturated heterocycles. The van der Waals surface area contributed by atoms with Crippen molar-refractivity contribution in [3.63, 3.8) is 0 Å². The van der Waals surface area contributed by atoms with E-state index in [9.17, 15) is 0 Å². The molecule has 0 aromatic heterocycles. The maximum absolute atomic E-state index is 5.13. The first-order valence-corrected chi connectivity index (χ1v) is 15.8. The number of hydrogen-bond donors (Lipinski definition) is 0. The lowest BCUT2D eigenvalue weighted by Gasteiger charge is -2.21. The highest BCUT2D eigenvalue weighted by atomic mass is 15.0. The Bertz CT molecular complexity index is 2070. The van der Waals surface area contributed by atoms with Crippen molar-refractivity contribution in [1.82, 2.24) is 0 Å². The van der Waals surface area contributed by atoms with Gasteiger partial charge in [0.15, 0.2) is 5.84 Å². The molecule has 6 aromatic rings. The van der Waals surface area contributed by atoms with Gasteiger partial charge in [-0.15, -0.1) is 0 Å². The summed E-state index contributed by atoms with van der Waals surface area (Å²) >= 11 is 0. The van der Waals surface area contributed by atoms with Crippen molar-refractivity contribution in [2.24, 2.45) is 9.98 Å². The number of amidine groups is 1. The first-order chi connectivity index (χ1) is 22.1. The van der Waals surface area contributed by atoms with Crippen LogP contribution < -0.4 is 0 Å². The lowest BCUT2D eigenvalue weighted by Crippen LogP contribution is -2.17. The zero-order valence-electron chi connectivity index (χ0n) is 25.6. The van der Waals surface area contributed by atoms with Gasteiger partial charge in [-0.2, -0.15) is 0 Å². The van der Waals surface area contributed by atoms with Crippen molar-refractivity contribution >= 4 is 11.5 Å². The van der Waals surface area contributed by atoms with Gasteiger partial charge >= 0.3 is 0 Å². The number of aliphatic imine (C=N–C) groups is 2. The molecule has 45 heavy (non-hydrogen) atoms. The first-order valence-electron chi connectivity index (χ1n) is 15.8. The Kier molecular flexibility index (Phi) is 6.64. The fourth-order valence-corrected chi connectivity index (χ4v) is 7.05. The minimum absolute atomic E-state index is 0.000721. The molecule has 8 rings (SSSR count). The molecule has 0 N–H and O–H groups in total. The van der Waals surface area contributed by atoms with Crippen LogP contribution in [-0.2, 0) is 5.41 Å². The Morgan fingerprint density at radius 3 is 1.76 bits per heavy atom. The fourth-order valence-electron chi connectivity index (χ4n) is 7.05. The first kappa shape index (κ1) is 27.2. The third-order valence-corrected chi connectivity index (χ3v) is 9.48. The highest BCUT2D eigenvalue weighted by Crippen LogP contribution is 2.51. The summed E-state index contributed by atoms with van der Waals surface area (Å²) in [5.41, 5.74) is 14.9. The minimum atomic E-state index is -0.000721. The van der Waals surface area contributed by atoms with Gasteiger partial charge in [0.05, 0.1) is 11.8 Å². The molecule has 0 bridgehead atoms. The van der Waals surface area contributed by atoms with Gasteiger partial charge in [0, 0.05) is 17.4 Å². The monoisotopic (exact) mass is 578 g/mol. The van der Waals surface area contributed by atoms with Crippen LogP contribution in [-0.4, -0.2) is 11.5 Å². The Morgan fingerprint density at radius 2 is 1.04 bits per heavy atom. The van der Waals surface area contributed by atoms with Crippen molar-refractivity contribution < 1.29 is 0 Å². The average Bonchev–Trinajstić information content (AvgIpc) is 3.35. The van der Waals surface area contributed by atoms with Crippen molar-refractivity contribution in [1.29, 1.82) is 0 Å². The minimum Gasteiger partial charge on any atom is -0.258 e. The maximum Gasteiger partial charge on any atom is 0.155 e.